The highest BCUT2D eigenvalue weighted by molar-refractivity contribution is 5.78. The van der Waals surface area contributed by atoms with Gasteiger partial charge in [0.1, 0.15) is 0 Å². The fourth-order valence-electron chi connectivity index (χ4n) is 2.07. The molecule has 1 amide bonds. The monoisotopic (exact) mass is 233 g/mol. The minimum atomic E-state index is 0.188. The predicted molar refractivity (Wildman–Crippen MR) is 66.3 cm³/mol. The molecule has 0 spiro atoms. The molecule has 0 fully saturated rings. The zero-order valence-corrected chi connectivity index (χ0v) is 10.0. The van der Waals surface area contributed by atoms with Crippen molar-refractivity contribution in [3.63, 3.8) is 0 Å². The Balaban J connectivity index is 1.61. The smallest absolute Gasteiger partial charge is 0.223 e. The SMILES string of the molecule is O=C(NCCCn1ccnc1)C1CC=CCC1. The van der Waals surface area contributed by atoms with E-state index in [1.165, 1.54) is 0 Å². The van der Waals surface area contributed by atoms with Gasteiger partial charge >= 0.3 is 0 Å². The fraction of sp³-hybridized carbons (Fsp3) is 0.538. The van der Waals surface area contributed by atoms with Crippen LogP contribution in [-0.4, -0.2) is 22.0 Å². The van der Waals surface area contributed by atoms with E-state index in [-0.39, 0.29) is 11.8 Å². The molecular weight excluding hydrogens is 214 g/mol. The number of aryl methyl sites for hydroxylation is 1. The third kappa shape index (κ3) is 3.73. The predicted octanol–water partition coefficient (Wildman–Crippen LogP) is 1.75. The van der Waals surface area contributed by atoms with Crippen LogP contribution in [0.4, 0.5) is 0 Å². The number of carbonyl (C=O) groups is 1. The van der Waals surface area contributed by atoms with E-state index in [9.17, 15) is 4.79 Å². The Labute approximate surface area is 102 Å². The van der Waals surface area contributed by atoms with Gasteiger partial charge in [0.2, 0.25) is 5.91 Å². The van der Waals surface area contributed by atoms with Gasteiger partial charge in [-0.05, 0) is 25.7 Å². The Kier molecular flexibility index (Phi) is 4.36. The number of carbonyl (C=O) groups excluding carboxylic acids is 1. The van der Waals surface area contributed by atoms with Crippen molar-refractivity contribution in [2.45, 2.75) is 32.2 Å². The Morgan fingerprint density at radius 3 is 3.12 bits per heavy atom. The summed E-state index contributed by atoms with van der Waals surface area (Å²) < 4.78 is 2.02. The number of allylic oxidation sites excluding steroid dienone is 2. The van der Waals surface area contributed by atoms with Crippen LogP contribution < -0.4 is 5.32 Å². The van der Waals surface area contributed by atoms with Gasteiger partial charge in [-0.1, -0.05) is 12.2 Å². The normalized spacial score (nSPS) is 19.2. The molecular formula is C13H19N3O. The van der Waals surface area contributed by atoms with Gasteiger partial charge in [-0.25, -0.2) is 4.98 Å². The van der Waals surface area contributed by atoms with Crippen molar-refractivity contribution >= 4 is 5.91 Å². The molecule has 0 aliphatic heterocycles. The number of nitrogens with one attached hydrogen (secondary N) is 1. The van der Waals surface area contributed by atoms with E-state index in [1.807, 2.05) is 10.8 Å². The fourth-order valence-corrected chi connectivity index (χ4v) is 2.07. The van der Waals surface area contributed by atoms with E-state index in [0.717, 1.165) is 38.8 Å². The topological polar surface area (TPSA) is 46.9 Å². The number of hydrogen-bond donors (Lipinski definition) is 1. The van der Waals surface area contributed by atoms with E-state index in [1.54, 1.807) is 12.5 Å². The molecule has 17 heavy (non-hydrogen) atoms. The second-order valence-electron chi connectivity index (χ2n) is 4.43. The van der Waals surface area contributed by atoms with Crippen LogP contribution >= 0.6 is 0 Å². The molecule has 4 heteroatoms. The van der Waals surface area contributed by atoms with Crippen LogP contribution in [0.5, 0.6) is 0 Å². The van der Waals surface area contributed by atoms with Crippen molar-refractivity contribution in [1.29, 1.82) is 0 Å². The van der Waals surface area contributed by atoms with E-state index < -0.39 is 0 Å². The lowest BCUT2D eigenvalue weighted by Gasteiger charge is -2.17. The molecule has 1 unspecified atom stereocenters. The molecule has 1 atom stereocenters. The molecule has 0 bridgehead atoms. The lowest BCUT2D eigenvalue weighted by Crippen LogP contribution is -2.32. The van der Waals surface area contributed by atoms with Gasteiger partial charge in [-0.3, -0.25) is 4.79 Å². The van der Waals surface area contributed by atoms with Gasteiger partial charge in [-0.2, -0.15) is 0 Å². The zero-order valence-electron chi connectivity index (χ0n) is 10.0. The molecule has 0 radical (unpaired) electrons. The van der Waals surface area contributed by atoms with Crippen LogP contribution in [0, 0.1) is 5.92 Å². The van der Waals surface area contributed by atoms with Crippen molar-refractivity contribution in [2.75, 3.05) is 6.54 Å². The molecule has 4 nitrogen and oxygen atoms in total. The molecule has 1 aromatic heterocycles. The molecule has 1 aromatic rings. The average molecular weight is 233 g/mol. The molecule has 1 N–H and O–H groups in total. The number of amides is 1. The summed E-state index contributed by atoms with van der Waals surface area (Å²) >= 11 is 0. The van der Waals surface area contributed by atoms with Gasteiger partial charge < -0.3 is 9.88 Å². The molecule has 1 heterocycles. The highest BCUT2D eigenvalue weighted by atomic mass is 16.1. The standard InChI is InChI=1S/C13H19N3O/c17-13(12-5-2-1-3-6-12)15-7-4-9-16-10-8-14-11-16/h1-2,8,10-12H,3-7,9H2,(H,15,17). The van der Waals surface area contributed by atoms with Crippen LogP contribution in [0.15, 0.2) is 30.9 Å². The van der Waals surface area contributed by atoms with Crippen LogP contribution in [0.1, 0.15) is 25.7 Å². The first-order chi connectivity index (χ1) is 8.36. The second kappa shape index (κ2) is 6.23. The van der Waals surface area contributed by atoms with E-state index in [4.69, 9.17) is 0 Å². The third-order valence-electron chi connectivity index (χ3n) is 3.09. The van der Waals surface area contributed by atoms with Gasteiger partial charge in [-0.15, -0.1) is 0 Å². The second-order valence-corrected chi connectivity index (χ2v) is 4.43. The summed E-state index contributed by atoms with van der Waals surface area (Å²) in [6.45, 7) is 1.65. The summed E-state index contributed by atoms with van der Waals surface area (Å²) in [6, 6.07) is 0. The molecule has 0 aromatic carbocycles. The molecule has 0 saturated heterocycles. The van der Waals surface area contributed by atoms with Crippen LogP contribution in [0.25, 0.3) is 0 Å². The maximum atomic E-state index is 11.8. The largest absolute Gasteiger partial charge is 0.356 e. The van der Waals surface area contributed by atoms with Crippen LogP contribution in [0.2, 0.25) is 0 Å². The Bertz CT molecular complexity index is 370. The number of hydrogen-bond acceptors (Lipinski definition) is 2. The lowest BCUT2D eigenvalue weighted by molar-refractivity contribution is -0.125. The Morgan fingerprint density at radius 1 is 1.47 bits per heavy atom. The van der Waals surface area contributed by atoms with Crippen LogP contribution in [0.3, 0.4) is 0 Å². The van der Waals surface area contributed by atoms with E-state index in [0.29, 0.717) is 0 Å². The molecule has 0 saturated carbocycles. The zero-order chi connectivity index (χ0) is 11.9. The summed E-state index contributed by atoms with van der Waals surface area (Å²) in [7, 11) is 0. The third-order valence-corrected chi connectivity index (χ3v) is 3.09. The molecule has 1 aliphatic rings. The molecule has 2 rings (SSSR count). The van der Waals surface area contributed by atoms with E-state index >= 15 is 0 Å². The van der Waals surface area contributed by atoms with Gasteiger partial charge in [0.15, 0.2) is 0 Å². The summed E-state index contributed by atoms with van der Waals surface area (Å²) in [5.41, 5.74) is 0. The highest BCUT2D eigenvalue weighted by Crippen LogP contribution is 2.17. The quantitative estimate of drug-likeness (QED) is 0.622. The average Bonchev–Trinajstić information content (AvgIpc) is 2.88. The van der Waals surface area contributed by atoms with Gasteiger partial charge in [0, 0.05) is 31.4 Å². The molecule has 1 aliphatic carbocycles. The first-order valence-corrected chi connectivity index (χ1v) is 6.25. The maximum absolute atomic E-state index is 11.8. The number of nitrogens with zero attached hydrogens (tertiary/aromatic N) is 2. The van der Waals surface area contributed by atoms with Crippen molar-refractivity contribution < 1.29 is 4.79 Å². The van der Waals surface area contributed by atoms with Crippen molar-refractivity contribution in [3.05, 3.63) is 30.9 Å². The Morgan fingerprint density at radius 2 is 2.41 bits per heavy atom. The van der Waals surface area contributed by atoms with Crippen molar-refractivity contribution in [1.82, 2.24) is 14.9 Å². The number of rotatable bonds is 5. The number of aromatic nitrogens is 2. The summed E-state index contributed by atoms with van der Waals surface area (Å²) in [4.78, 5) is 15.8. The highest BCUT2D eigenvalue weighted by Gasteiger charge is 2.17. The first-order valence-electron chi connectivity index (χ1n) is 6.25. The Hall–Kier alpha value is -1.58. The van der Waals surface area contributed by atoms with Crippen molar-refractivity contribution in [3.8, 4) is 0 Å². The lowest BCUT2D eigenvalue weighted by atomic mass is 9.94. The minimum absolute atomic E-state index is 0.188. The number of imidazole rings is 1. The van der Waals surface area contributed by atoms with Gasteiger partial charge in [0.05, 0.1) is 6.33 Å². The minimum Gasteiger partial charge on any atom is -0.356 e. The maximum Gasteiger partial charge on any atom is 0.223 e. The van der Waals surface area contributed by atoms with Gasteiger partial charge in [0.25, 0.3) is 0 Å². The van der Waals surface area contributed by atoms with E-state index in [2.05, 4.69) is 22.5 Å². The summed E-state index contributed by atoms with van der Waals surface area (Å²) in [5.74, 6) is 0.397. The summed E-state index contributed by atoms with van der Waals surface area (Å²) in [6.07, 6.45) is 13.6. The van der Waals surface area contributed by atoms with Crippen molar-refractivity contribution in [2.24, 2.45) is 5.92 Å². The summed E-state index contributed by atoms with van der Waals surface area (Å²) in [5, 5.41) is 3.01. The van der Waals surface area contributed by atoms with Crippen LogP contribution in [-0.2, 0) is 11.3 Å². The first kappa shape index (κ1) is 11.9. The molecule has 92 valence electrons.